The summed E-state index contributed by atoms with van der Waals surface area (Å²) in [6.45, 7) is 12.0. The summed E-state index contributed by atoms with van der Waals surface area (Å²) in [6.07, 6.45) is 4.83. The van der Waals surface area contributed by atoms with Gasteiger partial charge in [0.05, 0.1) is 0 Å². The first-order valence-corrected chi connectivity index (χ1v) is 6.75. The molecule has 0 unspecified atom stereocenters. The van der Waals surface area contributed by atoms with Crippen LogP contribution in [0, 0.1) is 10.8 Å². The molecule has 2 heteroatoms. The Hall–Kier alpha value is -0.790. The zero-order valence-electron chi connectivity index (χ0n) is 12.3. The van der Waals surface area contributed by atoms with Crippen molar-refractivity contribution < 1.29 is 9.90 Å². The average molecular weight is 240 g/mol. The standard InChI is InChI=1S/C15H28O2/c1-7-14(5,6)12(16)11-13(17)15(8-2,9-3)10-4/h11,17H,7-10H2,1-6H3/b13-11-. The molecule has 0 aromatic carbocycles. The molecule has 0 saturated heterocycles. The fourth-order valence-electron chi connectivity index (χ4n) is 1.94. The molecular formula is C15H28O2. The lowest BCUT2D eigenvalue weighted by Crippen LogP contribution is -2.26. The molecule has 0 rings (SSSR count). The van der Waals surface area contributed by atoms with Crippen LogP contribution in [0.5, 0.6) is 0 Å². The summed E-state index contributed by atoms with van der Waals surface area (Å²) < 4.78 is 0. The van der Waals surface area contributed by atoms with Crippen LogP contribution in [0.25, 0.3) is 0 Å². The van der Waals surface area contributed by atoms with Crippen molar-refractivity contribution in [3.63, 3.8) is 0 Å². The van der Waals surface area contributed by atoms with Crippen LogP contribution in [-0.4, -0.2) is 10.9 Å². The van der Waals surface area contributed by atoms with E-state index in [2.05, 4.69) is 20.8 Å². The predicted molar refractivity (Wildman–Crippen MR) is 73.1 cm³/mol. The van der Waals surface area contributed by atoms with Crippen molar-refractivity contribution in [1.82, 2.24) is 0 Å². The molecule has 0 aromatic rings. The molecule has 17 heavy (non-hydrogen) atoms. The van der Waals surface area contributed by atoms with E-state index in [0.717, 1.165) is 25.7 Å². The van der Waals surface area contributed by atoms with E-state index in [0.29, 0.717) is 0 Å². The van der Waals surface area contributed by atoms with Gasteiger partial charge in [-0.3, -0.25) is 4.79 Å². The number of allylic oxidation sites excluding steroid dienone is 2. The second-order valence-corrected chi connectivity index (χ2v) is 5.47. The number of ketones is 1. The van der Waals surface area contributed by atoms with Gasteiger partial charge in [0.15, 0.2) is 5.78 Å². The van der Waals surface area contributed by atoms with Crippen molar-refractivity contribution in [3.05, 3.63) is 11.8 Å². The largest absolute Gasteiger partial charge is 0.512 e. The Balaban J connectivity index is 5.15. The quantitative estimate of drug-likeness (QED) is 0.519. The van der Waals surface area contributed by atoms with Crippen LogP contribution in [0.4, 0.5) is 0 Å². The van der Waals surface area contributed by atoms with E-state index in [4.69, 9.17) is 0 Å². The van der Waals surface area contributed by atoms with Crippen molar-refractivity contribution in [3.8, 4) is 0 Å². The summed E-state index contributed by atoms with van der Waals surface area (Å²) in [5.41, 5.74) is -0.603. The molecular weight excluding hydrogens is 212 g/mol. The average Bonchev–Trinajstić information content (AvgIpc) is 2.32. The molecule has 0 spiro atoms. The molecule has 0 radical (unpaired) electrons. The van der Waals surface area contributed by atoms with Gasteiger partial charge in [-0.2, -0.15) is 0 Å². The Morgan fingerprint density at radius 2 is 1.41 bits per heavy atom. The Labute approximate surface area is 106 Å². The van der Waals surface area contributed by atoms with E-state index >= 15 is 0 Å². The zero-order chi connectivity index (χ0) is 13.7. The number of hydrogen-bond donors (Lipinski definition) is 1. The Morgan fingerprint density at radius 3 is 1.71 bits per heavy atom. The third-order valence-electron chi connectivity index (χ3n) is 4.39. The van der Waals surface area contributed by atoms with Gasteiger partial charge in [-0.15, -0.1) is 0 Å². The SMILES string of the molecule is CCC(C)(C)C(=O)/C=C(\O)C(CC)(CC)CC. The molecule has 0 aromatic heterocycles. The fraction of sp³-hybridized carbons (Fsp3) is 0.800. The van der Waals surface area contributed by atoms with Gasteiger partial charge >= 0.3 is 0 Å². The van der Waals surface area contributed by atoms with Gasteiger partial charge in [-0.25, -0.2) is 0 Å². The maximum Gasteiger partial charge on any atom is 0.164 e. The van der Waals surface area contributed by atoms with E-state index in [9.17, 15) is 9.90 Å². The van der Waals surface area contributed by atoms with Crippen LogP contribution in [0.1, 0.15) is 67.2 Å². The van der Waals surface area contributed by atoms with Gasteiger partial charge in [-0.05, 0) is 25.7 Å². The monoisotopic (exact) mass is 240 g/mol. The van der Waals surface area contributed by atoms with Crippen LogP contribution < -0.4 is 0 Å². The van der Waals surface area contributed by atoms with Crippen molar-refractivity contribution >= 4 is 5.78 Å². The molecule has 1 N–H and O–H groups in total. The number of carbonyl (C=O) groups excluding carboxylic acids is 1. The minimum atomic E-state index is -0.380. The third-order valence-corrected chi connectivity index (χ3v) is 4.39. The van der Waals surface area contributed by atoms with E-state index in [1.165, 1.54) is 6.08 Å². The highest BCUT2D eigenvalue weighted by Gasteiger charge is 2.31. The maximum absolute atomic E-state index is 12.1. The van der Waals surface area contributed by atoms with Gasteiger partial charge < -0.3 is 5.11 Å². The van der Waals surface area contributed by atoms with E-state index in [-0.39, 0.29) is 22.4 Å². The van der Waals surface area contributed by atoms with Crippen molar-refractivity contribution in [2.45, 2.75) is 67.2 Å². The minimum Gasteiger partial charge on any atom is -0.512 e. The highest BCUT2D eigenvalue weighted by atomic mass is 16.3. The van der Waals surface area contributed by atoms with Crippen LogP contribution >= 0.6 is 0 Å². The second kappa shape index (κ2) is 6.23. The molecule has 0 heterocycles. The zero-order valence-corrected chi connectivity index (χ0v) is 12.3. The molecule has 0 saturated carbocycles. The first kappa shape index (κ1) is 16.2. The Morgan fingerprint density at radius 1 is 1.00 bits per heavy atom. The van der Waals surface area contributed by atoms with Gasteiger partial charge in [0.25, 0.3) is 0 Å². The van der Waals surface area contributed by atoms with Gasteiger partial charge in [0.1, 0.15) is 5.76 Å². The Bertz CT molecular complexity index is 275. The first-order chi connectivity index (χ1) is 7.79. The molecule has 2 nitrogen and oxygen atoms in total. The highest BCUT2D eigenvalue weighted by Crippen LogP contribution is 2.37. The van der Waals surface area contributed by atoms with Gasteiger partial charge in [-0.1, -0.05) is 41.5 Å². The molecule has 0 fully saturated rings. The molecule has 100 valence electrons. The lowest BCUT2D eigenvalue weighted by molar-refractivity contribution is -0.122. The van der Waals surface area contributed by atoms with Crippen molar-refractivity contribution in [2.75, 3.05) is 0 Å². The number of rotatable bonds is 7. The van der Waals surface area contributed by atoms with Crippen LogP contribution in [0.3, 0.4) is 0 Å². The highest BCUT2D eigenvalue weighted by molar-refractivity contribution is 5.94. The molecule has 0 atom stereocenters. The number of hydrogen-bond acceptors (Lipinski definition) is 2. The van der Waals surface area contributed by atoms with E-state index in [1.54, 1.807) is 0 Å². The maximum atomic E-state index is 12.1. The van der Waals surface area contributed by atoms with Crippen molar-refractivity contribution in [1.29, 1.82) is 0 Å². The van der Waals surface area contributed by atoms with Crippen LogP contribution in [-0.2, 0) is 4.79 Å². The number of aliphatic hydroxyl groups is 1. The van der Waals surface area contributed by atoms with Gasteiger partial charge in [0.2, 0.25) is 0 Å². The topological polar surface area (TPSA) is 37.3 Å². The molecule has 0 aliphatic rings. The smallest absolute Gasteiger partial charge is 0.164 e. The van der Waals surface area contributed by atoms with Crippen LogP contribution in [0.2, 0.25) is 0 Å². The summed E-state index contributed by atoms with van der Waals surface area (Å²) in [7, 11) is 0. The van der Waals surface area contributed by atoms with E-state index < -0.39 is 0 Å². The molecule has 0 bridgehead atoms. The first-order valence-electron chi connectivity index (χ1n) is 6.75. The summed E-state index contributed by atoms with van der Waals surface area (Å²) in [5.74, 6) is 0.286. The lowest BCUT2D eigenvalue weighted by atomic mass is 9.76. The predicted octanol–water partition coefficient (Wildman–Crippen LogP) is 4.65. The molecule has 0 aliphatic carbocycles. The van der Waals surface area contributed by atoms with Crippen molar-refractivity contribution in [2.24, 2.45) is 10.8 Å². The summed E-state index contributed by atoms with van der Waals surface area (Å²) in [4.78, 5) is 12.1. The van der Waals surface area contributed by atoms with Crippen LogP contribution in [0.15, 0.2) is 11.8 Å². The normalized spacial score (nSPS) is 13.9. The Kier molecular flexibility index (Phi) is 5.94. The molecule has 0 amide bonds. The fourth-order valence-corrected chi connectivity index (χ4v) is 1.94. The second-order valence-electron chi connectivity index (χ2n) is 5.47. The number of aliphatic hydroxyl groups excluding tert-OH is 1. The summed E-state index contributed by atoms with van der Waals surface area (Å²) in [5, 5.41) is 10.2. The minimum absolute atomic E-state index is 0.0252. The summed E-state index contributed by atoms with van der Waals surface area (Å²) >= 11 is 0. The lowest BCUT2D eigenvalue weighted by Gasteiger charge is -2.30. The van der Waals surface area contributed by atoms with Gasteiger partial charge in [0, 0.05) is 16.9 Å². The number of carbonyl (C=O) groups is 1. The molecule has 0 aliphatic heterocycles. The van der Waals surface area contributed by atoms with E-state index in [1.807, 2.05) is 20.8 Å². The summed E-state index contributed by atoms with van der Waals surface area (Å²) in [6, 6.07) is 0. The third kappa shape index (κ3) is 3.58.